The van der Waals surface area contributed by atoms with Crippen molar-refractivity contribution < 1.29 is 9.53 Å². The summed E-state index contributed by atoms with van der Waals surface area (Å²) < 4.78 is 5.05. The van der Waals surface area contributed by atoms with Gasteiger partial charge in [-0.3, -0.25) is 4.90 Å². The van der Waals surface area contributed by atoms with Gasteiger partial charge in [0.25, 0.3) is 0 Å². The minimum Gasteiger partial charge on any atom is -0.383 e. The first-order valence-corrected chi connectivity index (χ1v) is 6.06. The van der Waals surface area contributed by atoms with Gasteiger partial charge in [0.2, 0.25) is 0 Å². The molecule has 0 spiro atoms. The fourth-order valence-corrected chi connectivity index (χ4v) is 1.89. The number of piperazine rings is 1. The molecule has 0 aromatic heterocycles. The van der Waals surface area contributed by atoms with Crippen LogP contribution in [0, 0.1) is 0 Å². The molecular weight excluding hydrogens is 206 g/mol. The fourth-order valence-electron chi connectivity index (χ4n) is 1.89. The molecule has 5 heteroatoms. The van der Waals surface area contributed by atoms with E-state index in [1.165, 1.54) is 0 Å². The van der Waals surface area contributed by atoms with Crippen molar-refractivity contribution in [2.45, 2.75) is 18.9 Å². The summed E-state index contributed by atoms with van der Waals surface area (Å²) in [5, 5.41) is 3.03. The summed E-state index contributed by atoms with van der Waals surface area (Å²) in [4.78, 5) is 16.0. The van der Waals surface area contributed by atoms with Gasteiger partial charge in [-0.05, 0) is 12.8 Å². The van der Waals surface area contributed by atoms with E-state index in [9.17, 15) is 4.79 Å². The predicted molar refractivity (Wildman–Crippen MR) is 61.4 cm³/mol. The summed E-state index contributed by atoms with van der Waals surface area (Å²) in [5.74, 6) is 0. The molecule has 1 aliphatic heterocycles. The summed E-state index contributed by atoms with van der Waals surface area (Å²) in [6.07, 6.45) is 2.30. The summed E-state index contributed by atoms with van der Waals surface area (Å²) in [6, 6.07) is 0.577. The largest absolute Gasteiger partial charge is 0.383 e. The van der Waals surface area contributed by atoms with Crippen LogP contribution in [-0.4, -0.2) is 68.3 Å². The molecule has 0 atom stereocenters. The van der Waals surface area contributed by atoms with Crippen LogP contribution in [-0.2, 0) is 4.74 Å². The number of amides is 2. The Kier molecular flexibility index (Phi) is 4.01. The normalized spacial score (nSPS) is 22.2. The van der Waals surface area contributed by atoms with E-state index >= 15 is 0 Å². The first-order chi connectivity index (χ1) is 7.79. The number of hydrogen-bond donors (Lipinski definition) is 1. The fraction of sp³-hybridized carbons (Fsp3) is 0.909. The molecule has 1 aliphatic carbocycles. The van der Waals surface area contributed by atoms with Crippen molar-refractivity contribution >= 4 is 6.03 Å². The Morgan fingerprint density at radius 3 is 2.56 bits per heavy atom. The molecule has 2 amide bonds. The van der Waals surface area contributed by atoms with Crippen LogP contribution < -0.4 is 5.32 Å². The standard InChI is InChI=1S/C11H21N3O2/c1-16-9-8-13-4-6-14(7-5-13)11(15)12-10-2-3-10/h10H,2-9H2,1H3,(H,12,15). The Balaban J connectivity index is 1.65. The zero-order chi connectivity index (χ0) is 11.4. The summed E-state index contributed by atoms with van der Waals surface area (Å²) >= 11 is 0. The lowest BCUT2D eigenvalue weighted by atomic mass is 10.3. The van der Waals surface area contributed by atoms with Gasteiger partial charge in [-0.1, -0.05) is 0 Å². The molecule has 0 aromatic rings. The quantitative estimate of drug-likeness (QED) is 0.742. The number of methoxy groups -OCH3 is 1. The number of carbonyl (C=O) groups excluding carboxylic acids is 1. The maximum atomic E-state index is 11.7. The second-order valence-corrected chi connectivity index (χ2v) is 4.55. The molecule has 2 aliphatic rings. The molecular formula is C11H21N3O2. The van der Waals surface area contributed by atoms with Gasteiger partial charge in [0.05, 0.1) is 6.61 Å². The number of rotatable bonds is 4. The molecule has 0 bridgehead atoms. The van der Waals surface area contributed by atoms with Crippen molar-refractivity contribution in [1.29, 1.82) is 0 Å². The van der Waals surface area contributed by atoms with Crippen LogP contribution >= 0.6 is 0 Å². The van der Waals surface area contributed by atoms with E-state index in [2.05, 4.69) is 10.2 Å². The minimum atomic E-state index is 0.119. The zero-order valence-electron chi connectivity index (χ0n) is 9.95. The third-order valence-corrected chi connectivity index (χ3v) is 3.18. The van der Waals surface area contributed by atoms with Crippen LogP contribution in [0.2, 0.25) is 0 Å². The monoisotopic (exact) mass is 227 g/mol. The maximum Gasteiger partial charge on any atom is 0.317 e. The Hall–Kier alpha value is -0.810. The lowest BCUT2D eigenvalue weighted by Gasteiger charge is -2.34. The minimum absolute atomic E-state index is 0.119. The van der Waals surface area contributed by atoms with Gasteiger partial charge in [0, 0.05) is 45.9 Å². The maximum absolute atomic E-state index is 11.7. The van der Waals surface area contributed by atoms with E-state index < -0.39 is 0 Å². The molecule has 5 nitrogen and oxygen atoms in total. The topological polar surface area (TPSA) is 44.8 Å². The van der Waals surface area contributed by atoms with E-state index in [0.717, 1.165) is 52.2 Å². The van der Waals surface area contributed by atoms with Crippen LogP contribution in [0.3, 0.4) is 0 Å². The molecule has 92 valence electrons. The molecule has 2 rings (SSSR count). The summed E-state index contributed by atoms with van der Waals surface area (Å²) in [7, 11) is 1.72. The smallest absolute Gasteiger partial charge is 0.317 e. The highest BCUT2D eigenvalue weighted by Crippen LogP contribution is 2.19. The average molecular weight is 227 g/mol. The number of nitrogens with zero attached hydrogens (tertiary/aromatic N) is 2. The van der Waals surface area contributed by atoms with Crippen molar-refractivity contribution in [3.05, 3.63) is 0 Å². The van der Waals surface area contributed by atoms with Crippen LogP contribution in [0.4, 0.5) is 4.79 Å². The molecule has 0 aromatic carbocycles. The highest BCUT2D eigenvalue weighted by Gasteiger charge is 2.27. The van der Waals surface area contributed by atoms with Crippen molar-refractivity contribution in [3.8, 4) is 0 Å². The third kappa shape index (κ3) is 3.35. The average Bonchev–Trinajstić information content (AvgIpc) is 3.11. The van der Waals surface area contributed by atoms with Crippen molar-refractivity contribution in [3.63, 3.8) is 0 Å². The van der Waals surface area contributed by atoms with Gasteiger partial charge < -0.3 is 15.0 Å². The molecule has 1 heterocycles. The molecule has 1 saturated heterocycles. The number of nitrogens with one attached hydrogen (secondary N) is 1. The van der Waals surface area contributed by atoms with Gasteiger partial charge in [-0.25, -0.2) is 4.79 Å². The third-order valence-electron chi connectivity index (χ3n) is 3.18. The SMILES string of the molecule is COCCN1CCN(C(=O)NC2CC2)CC1. The highest BCUT2D eigenvalue weighted by molar-refractivity contribution is 5.75. The van der Waals surface area contributed by atoms with Gasteiger partial charge in [0.15, 0.2) is 0 Å². The van der Waals surface area contributed by atoms with Crippen LogP contribution in [0.5, 0.6) is 0 Å². The Morgan fingerprint density at radius 2 is 2.00 bits per heavy atom. The molecule has 1 N–H and O–H groups in total. The summed E-state index contributed by atoms with van der Waals surface area (Å²) in [6.45, 7) is 5.33. The van der Waals surface area contributed by atoms with Gasteiger partial charge in [-0.2, -0.15) is 0 Å². The van der Waals surface area contributed by atoms with E-state index in [1.807, 2.05) is 4.90 Å². The number of urea groups is 1. The first-order valence-electron chi connectivity index (χ1n) is 6.06. The van der Waals surface area contributed by atoms with E-state index in [4.69, 9.17) is 4.74 Å². The van der Waals surface area contributed by atoms with Crippen LogP contribution in [0.15, 0.2) is 0 Å². The second-order valence-electron chi connectivity index (χ2n) is 4.55. The second kappa shape index (κ2) is 5.50. The van der Waals surface area contributed by atoms with Crippen molar-refractivity contribution in [1.82, 2.24) is 15.1 Å². The Morgan fingerprint density at radius 1 is 1.31 bits per heavy atom. The lowest BCUT2D eigenvalue weighted by Crippen LogP contribution is -2.52. The highest BCUT2D eigenvalue weighted by atomic mass is 16.5. The number of ether oxygens (including phenoxy) is 1. The van der Waals surface area contributed by atoms with Crippen molar-refractivity contribution in [2.24, 2.45) is 0 Å². The molecule has 2 fully saturated rings. The molecule has 1 saturated carbocycles. The van der Waals surface area contributed by atoms with E-state index in [1.54, 1.807) is 7.11 Å². The van der Waals surface area contributed by atoms with Crippen LogP contribution in [0.25, 0.3) is 0 Å². The molecule has 0 radical (unpaired) electrons. The zero-order valence-corrected chi connectivity index (χ0v) is 9.95. The van der Waals surface area contributed by atoms with Gasteiger partial charge >= 0.3 is 6.03 Å². The van der Waals surface area contributed by atoms with Gasteiger partial charge in [-0.15, -0.1) is 0 Å². The van der Waals surface area contributed by atoms with Crippen LogP contribution in [0.1, 0.15) is 12.8 Å². The number of carbonyl (C=O) groups is 1. The lowest BCUT2D eigenvalue weighted by molar-refractivity contribution is 0.106. The Bertz CT molecular complexity index is 235. The predicted octanol–water partition coefficient (Wildman–Crippen LogP) is 0.122. The first kappa shape index (κ1) is 11.7. The molecule has 16 heavy (non-hydrogen) atoms. The van der Waals surface area contributed by atoms with E-state index in [-0.39, 0.29) is 6.03 Å². The van der Waals surface area contributed by atoms with Gasteiger partial charge in [0.1, 0.15) is 0 Å². The summed E-state index contributed by atoms with van der Waals surface area (Å²) in [5.41, 5.74) is 0. The Labute approximate surface area is 96.7 Å². The molecule has 0 unspecified atom stereocenters. The van der Waals surface area contributed by atoms with Crippen molar-refractivity contribution in [2.75, 3.05) is 46.4 Å². The number of hydrogen-bond acceptors (Lipinski definition) is 3. The van der Waals surface area contributed by atoms with E-state index in [0.29, 0.717) is 6.04 Å².